The summed E-state index contributed by atoms with van der Waals surface area (Å²) in [4.78, 5) is 0. The van der Waals surface area contributed by atoms with Crippen LogP contribution in [0.3, 0.4) is 0 Å². The second-order valence-corrected chi connectivity index (χ2v) is 0. The molecule has 9 heteroatoms. The molecule has 0 aliphatic heterocycles. The van der Waals surface area contributed by atoms with E-state index in [9.17, 15) is 0 Å². The molecule has 0 fully saturated rings. The normalized spacial score (nSPS) is 1.33. The first kappa shape index (κ1) is 75.4. The third-order valence-corrected chi connectivity index (χ3v) is 0. The standard InChI is InChI=1S/Ca.2ClHO.4H2O/c;2*1-2;;;;/h;2*2H;4*1H2. The molecule has 0 unspecified atom stereocenters. The molecular formula is H10CaCl2O6. The summed E-state index contributed by atoms with van der Waals surface area (Å²) in [6.45, 7) is 0. The van der Waals surface area contributed by atoms with Gasteiger partial charge in [0, 0.05) is 37.7 Å². The Balaban J connectivity index is -0.00000000114. The molecule has 0 aromatic carbocycles. The Morgan fingerprint density at radius 2 is 0.556 bits per heavy atom. The van der Waals surface area contributed by atoms with Crippen molar-refractivity contribution >= 4 is 61.5 Å². The fourth-order valence-electron chi connectivity index (χ4n) is 0. The second kappa shape index (κ2) is 277. The first-order valence-electron chi connectivity index (χ1n) is 0.338. The molecule has 0 aromatic heterocycles. The summed E-state index contributed by atoms with van der Waals surface area (Å²) < 4.78 is 12.9. The fraction of sp³-hybridized carbons (Fsp3) is 0. The largest absolute Gasteiger partial charge is 0.412 e. The van der Waals surface area contributed by atoms with Crippen LogP contribution >= 0.6 is 23.7 Å². The predicted octanol–water partition coefficient (Wildman–Crippen LogP) is -3.41. The van der Waals surface area contributed by atoms with Gasteiger partial charge in [-0.1, -0.05) is 0 Å². The van der Waals surface area contributed by atoms with Crippen molar-refractivity contribution in [3.63, 3.8) is 0 Å². The number of hydrogen-bond acceptors (Lipinski definition) is 2. The first-order valence-corrected chi connectivity index (χ1v) is 1.01. The van der Waals surface area contributed by atoms with E-state index in [-0.39, 0.29) is 59.6 Å². The van der Waals surface area contributed by atoms with Crippen LogP contribution in [0.15, 0.2) is 0 Å². The Hall–Kier alpha value is 1.60. The van der Waals surface area contributed by atoms with Gasteiger partial charge in [-0.05, 0) is 0 Å². The monoisotopic (exact) mass is 216 g/mol. The van der Waals surface area contributed by atoms with Crippen molar-refractivity contribution in [2.75, 3.05) is 0 Å². The number of rotatable bonds is 0. The van der Waals surface area contributed by atoms with E-state index in [4.69, 9.17) is 9.32 Å². The number of halogens is 2. The van der Waals surface area contributed by atoms with Crippen molar-refractivity contribution in [3.05, 3.63) is 0 Å². The molecule has 0 aliphatic carbocycles. The molecule has 0 amide bonds. The van der Waals surface area contributed by atoms with Crippen molar-refractivity contribution in [3.8, 4) is 0 Å². The van der Waals surface area contributed by atoms with E-state index in [2.05, 4.69) is 23.7 Å². The van der Waals surface area contributed by atoms with Crippen LogP contribution in [0.5, 0.6) is 0 Å². The molecule has 6 nitrogen and oxygen atoms in total. The molecule has 9 heavy (non-hydrogen) atoms. The fourth-order valence-corrected chi connectivity index (χ4v) is 0. The van der Waals surface area contributed by atoms with Crippen LogP contribution in [-0.4, -0.2) is 69.0 Å². The van der Waals surface area contributed by atoms with Gasteiger partial charge in [0.05, 0.1) is 23.7 Å². The minimum atomic E-state index is 0. The van der Waals surface area contributed by atoms with E-state index in [1.807, 2.05) is 0 Å². The maximum Gasteiger partial charge on any atom is 0.0579 e. The molecular weight excluding hydrogens is 207 g/mol. The van der Waals surface area contributed by atoms with Crippen LogP contribution in [0.2, 0.25) is 0 Å². The zero-order valence-corrected chi connectivity index (χ0v) is 8.08. The summed E-state index contributed by atoms with van der Waals surface area (Å²) in [5.74, 6) is 0. The minimum absolute atomic E-state index is 0. The second-order valence-electron chi connectivity index (χ2n) is 0. The van der Waals surface area contributed by atoms with Gasteiger partial charge in [-0.3, -0.25) is 9.32 Å². The Morgan fingerprint density at radius 1 is 0.556 bits per heavy atom. The van der Waals surface area contributed by atoms with Crippen LogP contribution in [0.4, 0.5) is 0 Å². The van der Waals surface area contributed by atoms with E-state index >= 15 is 0 Å². The Bertz CT molecular complexity index is 11.0. The molecule has 0 saturated carbocycles. The summed E-state index contributed by atoms with van der Waals surface area (Å²) in [5.41, 5.74) is 0. The maximum absolute atomic E-state index is 6.47. The quantitative estimate of drug-likeness (QED) is 0.403. The molecule has 0 bridgehead atoms. The molecule has 0 spiro atoms. The van der Waals surface area contributed by atoms with Gasteiger partial charge in [0.1, 0.15) is 0 Å². The molecule has 0 heterocycles. The summed E-state index contributed by atoms with van der Waals surface area (Å²) in [5, 5.41) is 0. The molecule has 0 atom stereocenters. The van der Waals surface area contributed by atoms with Crippen molar-refractivity contribution in [1.82, 2.24) is 0 Å². The Labute approximate surface area is 92.0 Å². The van der Waals surface area contributed by atoms with Crippen LogP contribution in [0, 0.1) is 0 Å². The maximum atomic E-state index is 6.47. The van der Waals surface area contributed by atoms with Gasteiger partial charge in [-0.15, -0.1) is 0 Å². The van der Waals surface area contributed by atoms with E-state index in [0.717, 1.165) is 0 Å². The summed E-state index contributed by atoms with van der Waals surface area (Å²) in [6.07, 6.45) is 0. The molecule has 0 saturated heterocycles. The number of hydrogen-bond donors (Lipinski definition) is 2. The van der Waals surface area contributed by atoms with Gasteiger partial charge < -0.3 is 21.9 Å². The Morgan fingerprint density at radius 3 is 0.556 bits per heavy atom. The van der Waals surface area contributed by atoms with Gasteiger partial charge in [0.15, 0.2) is 0 Å². The van der Waals surface area contributed by atoms with Crippen molar-refractivity contribution in [2.24, 2.45) is 0 Å². The van der Waals surface area contributed by atoms with E-state index in [0.29, 0.717) is 0 Å². The molecule has 0 aliphatic rings. The van der Waals surface area contributed by atoms with Crippen molar-refractivity contribution in [2.45, 2.75) is 0 Å². The Kier molecular flexibility index (Phi) is 2320. The zero-order valence-electron chi connectivity index (χ0n) is 4.36. The smallest absolute Gasteiger partial charge is 0.0579 e. The molecule has 2 radical (unpaired) electrons. The van der Waals surface area contributed by atoms with Gasteiger partial charge in [-0.2, -0.15) is 0 Å². The molecule has 0 rings (SSSR count). The SMILES string of the molecule is O.O.O.O.OCl.OCl.[Ca]. The van der Waals surface area contributed by atoms with E-state index in [1.54, 1.807) is 0 Å². The van der Waals surface area contributed by atoms with Gasteiger partial charge >= 0.3 is 0 Å². The third-order valence-electron chi connectivity index (χ3n) is 0. The van der Waals surface area contributed by atoms with E-state index in [1.165, 1.54) is 0 Å². The van der Waals surface area contributed by atoms with Gasteiger partial charge in [0.2, 0.25) is 0 Å². The van der Waals surface area contributed by atoms with Gasteiger partial charge in [0.25, 0.3) is 0 Å². The van der Waals surface area contributed by atoms with Crippen molar-refractivity contribution < 1.29 is 31.2 Å². The van der Waals surface area contributed by atoms with Crippen LogP contribution in [-0.2, 0) is 0 Å². The average molecular weight is 217 g/mol. The zero-order chi connectivity index (χ0) is 4.00. The van der Waals surface area contributed by atoms with Crippen molar-refractivity contribution in [1.29, 1.82) is 0 Å². The molecule has 0 aromatic rings. The average Bonchev–Trinajstić information content (AvgIpc) is 1.50. The first-order chi connectivity index (χ1) is 2.00. The molecule has 62 valence electrons. The predicted molar refractivity (Wildman–Crippen MR) is 36.4 cm³/mol. The summed E-state index contributed by atoms with van der Waals surface area (Å²) >= 11 is 7.28. The van der Waals surface area contributed by atoms with Crippen LogP contribution < -0.4 is 0 Å². The van der Waals surface area contributed by atoms with Crippen LogP contribution in [0.1, 0.15) is 0 Å². The topological polar surface area (TPSA) is 166 Å². The van der Waals surface area contributed by atoms with E-state index < -0.39 is 0 Å². The summed E-state index contributed by atoms with van der Waals surface area (Å²) in [7, 11) is 0. The summed E-state index contributed by atoms with van der Waals surface area (Å²) in [6, 6.07) is 0. The van der Waals surface area contributed by atoms with Gasteiger partial charge in [-0.25, -0.2) is 0 Å². The molecule has 10 N–H and O–H groups in total. The van der Waals surface area contributed by atoms with Crippen LogP contribution in [0.25, 0.3) is 0 Å². The minimum Gasteiger partial charge on any atom is -0.412 e. The third kappa shape index (κ3) is 217.